The van der Waals surface area contributed by atoms with Gasteiger partial charge in [-0.2, -0.15) is 0 Å². The maximum atomic E-state index is 6.69. The molecule has 0 spiro atoms. The summed E-state index contributed by atoms with van der Waals surface area (Å²) < 4.78 is 0. The second-order valence-corrected chi connectivity index (χ2v) is 6.90. The first-order valence-electron chi connectivity index (χ1n) is 9.15. The van der Waals surface area contributed by atoms with E-state index in [0.717, 1.165) is 28.8 Å². The number of nitrogen functional groups attached to an aromatic ring is 1. The summed E-state index contributed by atoms with van der Waals surface area (Å²) in [5, 5.41) is 0. The average Bonchev–Trinajstić information content (AvgIpc) is 2.70. The van der Waals surface area contributed by atoms with Crippen molar-refractivity contribution in [3.05, 3.63) is 96.6 Å². The Morgan fingerprint density at radius 1 is 0.769 bits per heavy atom. The largest absolute Gasteiger partial charge is 0.398 e. The molecule has 1 nitrogen and oxygen atoms in total. The number of rotatable bonds is 3. The van der Waals surface area contributed by atoms with E-state index in [1.54, 1.807) is 0 Å². The second kappa shape index (κ2) is 7.05. The minimum absolute atomic E-state index is 0.469. The fourth-order valence-electron chi connectivity index (χ4n) is 3.65. The number of benzene rings is 3. The van der Waals surface area contributed by atoms with Crippen molar-refractivity contribution in [2.24, 2.45) is 5.92 Å². The Morgan fingerprint density at radius 3 is 2.04 bits per heavy atom. The van der Waals surface area contributed by atoms with Gasteiger partial charge in [-0.25, -0.2) is 0 Å². The minimum Gasteiger partial charge on any atom is -0.398 e. The number of nitrogens with two attached hydrogens (primary N) is 1. The monoisotopic (exact) mass is 337 g/mol. The molecule has 26 heavy (non-hydrogen) atoms. The molecule has 0 saturated carbocycles. The molecule has 1 heteroatoms. The van der Waals surface area contributed by atoms with E-state index >= 15 is 0 Å². The fraction of sp³-hybridized carbons (Fsp3) is 0.120. The molecule has 0 aliphatic heterocycles. The standard InChI is InChI=1S/C25H23N/c1-18-10-8-9-15-22(18)24-17-21(19-11-4-2-5-12-19)16-23(25(24)26)20-13-6-3-7-14-20/h2-9,11-18H,10,26H2,1H3. The van der Waals surface area contributed by atoms with Crippen molar-refractivity contribution in [1.29, 1.82) is 0 Å². The third-order valence-corrected chi connectivity index (χ3v) is 5.12. The third-order valence-electron chi connectivity index (χ3n) is 5.12. The Bertz CT molecular complexity index is 966. The topological polar surface area (TPSA) is 26.0 Å². The highest BCUT2D eigenvalue weighted by atomic mass is 14.6. The van der Waals surface area contributed by atoms with E-state index in [0.29, 0.717) is 5.92 Å². The molecule has 1 aliphatic rings. The van der Waals surface area contributed by atoms with Gasteiger partial charge in [0.25, 0.3) is 0 Å². The van der Waals surface area contributed by atoms with Gasteiger partial charge in [-0.05, 0) is 46.7 Å². The second-order valence-electron chi connectivity index (χ2n) is 6.90. The van der Waals surface area contributed by atoms with Gasteiger partial charge < -0.3 is 5.73 Å². The number of allylic oxidation sites excluding steroid dienone is 4. The molecule has 2 N–H and O–H groups in total. The molecule has 3 aromatic carbocycles. The van der Waals surface area contributed by atoms with E-state index in [1.807, 2.05) is 6.07 Å². The molecule has 0 bridgehead atoms. The fourth-order valence-corrected chi connectivity index (χ4v) is 3.65. The zero-order valence-electron chi connectivity index (χ0n) is 15.0. The van der Waals surface area contributed by atoms with E-state index in [-0.39, 0.29) is 0 Å². The Morgan fingerprint density at radius 2 is 1.38 bits per heavy atom. The summed E-state index contributed by atoms with van der Waals surface area (Å²) in [6.45, 7) is 2.27. The zero-order chi connectivity index (χ0) is 17.9. The quantitative estimate of drug-likeness (QED) is 0.537. The molecule has 0 amide bonds. The van der Waals surface area contributed by atoms with Crippen LogP contribution in [0, 0.1) is 5.92 Å². The van der Waals surface area contributed by atoms with E-state index in [2.05, 4.69) is 91.9 Å². The molecule has 1 atom stereocenters. The number of hydrogen-bond acceptors (Lipinski definition) is 1. The van der Waals surface area contributed by atoms with E-state index in [9.17, 15) is 0 Å². The Balaban J connectivity index is 1.96. The van der Waals surface area contributed by atoms with Crippen molar-refractivity contribution in [3.63, 3.8) is 0 Å². The van der Waals surface area contributed by atoms with Gasteiger partial charge in [-0.15, -0.1) is 0 Å². The normalized spacial score (nSPS) is 16.3. The highest BCUT2D eigenvalue weighted by Crippen LogP contribution is 2.40. The maximum absolute atomic E-state index is 6.69. The van der Waals surface area contributed by atoms with Gasteiger partial charge in [0, 0.05) is 16.8 Å². The minimum atomic E-state index is 0.469. The lowest BCUT2D eigenvalue weighted by Crippen LogP contribution is -2.05. The van der Waals surface area contributed by atoms with Crippen molar-refractivity contribution in [2.45, 2.75) is 13.3 Å². The first-order valence-corrected chi connectivity index (χ1v) is 9.15. The van der Waals surface area contributed by atoms with Gasteiger partial charge in [-0.3, -0.25) is 0 Å². The lowest BCUT2D eigenvalue weighted by Gasteiger charge is -2.22. The van der Waals surface area contributed by atoms with E-state index in [4.69, 9.17) is 5.73 Å². The molecule has 0 heterocycles. The molecule has 1 aliphatic carbocycles. The van der Waals surface area contributed by atoms with Crippen LogP contribution in [-0.2, 0) is 0 Å². The highest BCUT2D eigenvalue weighted by Gasteiger charge is 2.18. The summed E-state index contributed by atoms with van der Waals surface area (Å²) in [6.07, 6.45) is 7.64. The first-order chi connectivity index (χ1) is 12.7. The van der Waals surface area contributed by atoms with Crippen LogP contribution in [0.2, 0.25) is 0 Å². The third kappa shape index (κ3) is 3.09. The number of hydrogen-bond donors (Lipinski definition) is 1. The lowest BCUT2D eigenvalue weighted by atomic mass is 9.84. The van der Waals surface area contributed by atoms with Crippen molar-refractivity contribution in [1.82, 2.24) is 0 Å². The molecule has 0 saturated heterocycles. The van der Waals surface area contributed by atoms with Crippen LogP contribution < -0.4 is 5.73 Å². The van der Waals surface area contributed by atoms with Gasteiger partial charge >= 0.3 is 0 Å². The van der Waals surface area contributed by atoms with Crippen LogP contribution in [0.4, 0.5) is 5.69 Å². The molecule has 0 fully saturated rings. The molecule has 1 unspecified atom stereocenters. The van der Waals surface area contributed by atoms with Crippen LogP contribution in [0.15, 0.2) is 91.0 Å². The van der Waals surface area contributed by atoms with Crippen LogP contribution in [-0.4, -0.2) is 0 Å². The molecular weight excluding hydrogens is 314 g/mol. The van der Waals surface area contributed by atoms with Crippen LogP contribution in [0.1, 0.15) is 18.9 Å². The van der Waals surface area contributed by atoms with E-state index in [1.165, 1.54) is 16.7 Å². The van der Waals surface area contributed by atoms with Gasteiger partial charge in [0.05, 0.1) is 0 Å². The van der Waals surface area contributed by atoms with Gasteiger partial charge in [-0.1, -0.05) is 85.8 Å². The van der Waals surface area contributed by atoms with Crippen molar-refractivity contribution in [3.8, 4) is 22.3 Å². The highest BCUT2D eigenvalue weighted by molar-refractivity contribution is 5.91. The summed E-state index contributed by atoms with van der Waals surface area (Å²) in [4.78, 5) is 0. The van der Waals surface area contributed by atoms with Crippen LogP contribution in [0.5, 0.6) is 0 Å². The molecule has 4 rings (SSSR count). The molecule has 0 aromatic heterocycles. The summed E-state index contributed by atoms with van der Waals surface area (Å²) >= 11 is 0. The Hall–Kier alpha value is -3.06. The Labute approximate surface area is 155 Å². The van der Waals surface area contributed by atoms with Gasteiger partial charge in [0.2, 0.25) is 0 Å². The smallest absolute Gasteiger partial charge is 0.0470 e. The average molecular weight is 337 g/mol. The number of anilines is 1. The van der Waals surface area contributed by atoms with Crippen LogP contribution >= 0.6 is 0 Å². The SMILES string of the molecule is CC1CC=CC=C1c1cc(-c2ccccc2)cc(-c2ccccc2)c1N. The van der Waals surface area contributed by atoms with Gasteiger partial charge in [0.1, 0.15) is 0 Å². The van der Waals surface area contributed by atoms with Crippen molar-refractivity contribution < 1.29 is 0 Å². The first kappa shape index (κ1) is 16.4. The zero-order valence-corrected chi connectivity index (χ0v) is 15.0. The predicted octanol–water partition coefficient (Wildman–Crippen LogP) is 6.58. The van der Waals surface area contributed by atoms with Gasteiger partial charge in [0.15, 0.2) is 0 Å². The lowest BCUT2D eigenvalue weighted by molar-refractivity contribution is 0.759. The summed E-state index contributed by atoms with van der Waals surface area (Å²) in [5.74, 6) is 0.469. The van der Waals surface area contributed by atoms with Crippen LogP contribution in [0.25, 0.3) is 27.8 Å². The van der Waals surface area contributed by atoms with Crippen molar-refractivity contribution in [2.75, 3.05) is 5.73 Å². The molecular formula is C25H23N. The van der Waals surface area contributed by atoms with Crippen LogP contribution in [0.3, 0.4) is 0 Å². The predicted molar refractivity (Wildman–Crippen MR) is 113 cm³/mol. The van der Waals surface area contributed by atoms with Crippen molar-refractivity contribution >= 4 is 11.3 Å². The molecule has 0 radical (unpaired) electrons. The maximum Gasteiger partial charge on any atom is 0.0470 e. The summed E-state index contributed by atoms with van der Waals surface area (Å²) in [6, 6.07) is 25.4. The summed E-state index contributed by atoms with van der Waals surface area (Å²) in [5.41, 5.74) is 14.7. The Kier molecular flexibility index (Phi) is 4.45. The molecule has 128 valence electrons. The summed E-state index contributed by atoms with van der Waals surface area (Å²) in [7, 11) is 0. The van der Waals surface area contributed by atoms with E-state index < -0.39 is 0 Å². The molecule has 3 aromatic rings.